The molecular formula is C31H43N3O. The Morgan fingerprint density at radius 2 is 1.86 bits per heavy atom. The summed E-state index contributed by atoms with van der Waals surface area (Å²) in [6, 6.07) is 17.3. The molecule has 4 nitrogen and oxygen atoms in total. The monoisotopic (exact) mass is 473 g/mol. The maximum absolute atomic E-state index is 6.17. The van der Waals surface area contributed by atoms with Crippen molar-refractivity contribution in [3.63, 3.8) is 0 Å². The lowest BCUT2D eigenvalue weighted by Gasteiger charge is -2.57. The number of aryl methyl sites for hydroxylation is 1. The van der Waals surface area contributed by atoms with E-state index in [1.165, 1.54) is 67.8 Å². The van der Waals surface area contributed by atoms with Gasteiger partial charge in [-0.3, -0.25) is 9.80 Å². The number of hydrogen-bond donors (Lipinski definition) is 1. The van der Waals surface area contributed by atoms with Crippen LogP contribution < -0.4 is 10.1 Å². The van der Waals surface area contributed by atoms with Crippen LogP contribution in [0.1, 0.15) is 80.2 Å². The summed E-state index contributed by atoms with van der Waals surface area (Å²) in [4.78, 5) is 5.60. The molecule has 4 aliphatic rings. The van der Waals surface area contributed by atoms with E-state index in [2.05, 4.69) is 71.4 Å². The van der Waals surface area contributed by atoms with Crippen LogP contribution in [0.15, 0.2) is 42.5 Å². The molecule has 1 atom stereocenters. The largest absolute Gasteiger partial charge is 0.493 e. The second-order valence-corrected chi connectivity index (χ2v) is 11.9. The highest BCUT2D eigenvalue weighted by molar-refractivity contribution is 5.43. The Hall–Kier alpha value is -1.88. The maximum atomic E-state index is 6.17. The van der Waals surface area contributed by atoms with Crippen molar-refractivity contribution in [2.45, 2.75) is 76.9 Å². The van der Waals surface area contributed by atoms with Gasteiger partial charge in [-0.05, 0) is 79.6 Å². The molecule has 0 aromatic heterocycles. The van der Waals surface area contributed by atoms with Crippen LogP contribution in [0.2, 0.25) is 0 Å². The van der Waals surface area contributed by atoms with E-state index in [-0.39, 0.29) is 0 Å². The van der Waals surface area contributed by atoms with Gasteiger partial charge in [-0.2, -0.15) is 0 Å². The van der Waals surface area contributed by atoms with Gasteiger partial charge in [0.05, 0.1) is 6.61 Å². The molecule has 0 radical (unpaired) electrons. The van der Waals surface area contributed by atoms with E-state index >= 15 is 0 Å². The molecule has 1 aliphatic carbocycles. The summed E-state index contributed by atoms with van der Waals surface area (Å²) >= 11 is 0. The van der Waals surface area contributed by atoms with Crippen LogP contribution in [0.4, 0.5) is 0 Å². The van der Waals surface area contributed by atoms with Crippen LogP contribution in [-0.2, 0) is 13.0 Å². The van der Waals surface area contributed by atoms with Crippen molar-refractivity contribution in [3.05, 3.63) is 64.7 Å². The van der Waals surface area contributed by atoms with Gasteiger partial charge in [0.25, 0.3) is 0 Å². The number of nitrogens with one attached hydrogen (secondary N) is 1. The fourth-order valence-corrected chi connectivity index (χ4v) is 7.41. The minimum atomic E-state index is 0.479. The number of piperazine rings is 1. The average molecular weight is 474 g/mol. The summed E-state index contributed by atoms with van der Waals surface area (Å²) in [6.45, 7) is 12.4. The zero-order valence-corrected chi connectivity index (χ0v) is 21.8. The maximum Gasteiger partial charge on any atom is 0.126 e. The zero-order valence-electron chi connectivity index (χ0n) is 21.8. The lowest BCUT2D eigenvalue weighted by molar-refractivity contribution is -0.0651. The minimum absolute atomic E-state index is 0.479. The van der Waals surface area contributed by atoms with Gasteiger partial charge in [-0.15, -0.1) is 0 Å². The van der Waals surface area contributed by atoms with Gasteiger partial charge in [0.15, 0.2) is 0 Å². The van der Waals surface area contributed by atoms with Crippen molar-refractivity contribution >= 4 is 0 Å². The highest BCUT2D eigenvalue weighted by atomic mass is 16.5. The molecule has 1 saturated carbocycles. The van der Waals surface area contributed by atoms with E-state index in [1.807, 2.05) is 0 Å². The Bertz CT molecular complexity index is 1020. The van der Waals surface area contributed by atoms with Crippen LogP contribution in [0.3, 0.4) is 0 Å². The third-order valence-corrected chi connectivity index (χ3v) is 9.36. The third kappa shape index (κ3) is 4.65. The van der Waals surface area contributed by atoms with E-state index in [0.29, 0.717) is 17.4 Å². The number of hydrogen-bond acceptors (Lipinski definition) is 4. The molecule has 2 saturated heterocycles. The van der Waals surface area contributed by atoms with Crippen LogP contribution in [-0.4, -0.2) is 55.2 Å². The molecule has 3 fully saturated rings. The number of piperidine rings is 1. The van der Waals surface area contributed by atoms with Gasteiger partial charge in [0.1, 0.15) is 5.75 Å². The highest BCUT2D eigenvalue weighted by Gasteiger charge is 2.49. The molecule has 188 valence electrons. The van der Waals surface area contributed by atoms with Crippen molar-refractivity contribution in [2.75, 3.05) is 39.3 Å². The summed E-state index contributed by atoms with van der Waals surface area (Å²) in [6.07, 6.45) is 7.83. The number of fused-ring (bicyclic) bond motifs is 1. The Balaban J connectivity index is 1.24. The van der Waals surface area contributed by atoms with E-state index in [9.17, 15) is 0 Å². The lowest BCUT2D eigenvalue weighted by atomic mass is 9.60. The fraction of sp³-hybridized carbons (Fsp3) is 0.613. The average Bonchev–Trinajstić information content (AvgIpc) is 2.88. The van der Waals surface area contributed by atoms with Gasteiger partial charge < -0.3 is 10.1 Å². The molecule has 35 heavy (non-hydrogen) atoms. The SMILES string of the molecule is CC(C)c1ccccc1C1CN(Cc2cccc3c2OCCC3)CCN1C1CC2(CCNCC2)C1. The molecule has 1 N–H and O–H groups in total. The predicted molar refractivity (Wildman–Crippen MR) is 143 cm³/mol. The molecule has 3 heterocycles. The van der Waals surface area contributed by atoms with E-state index in [0.717, 1.165) is 45.1 Å². The lowest BCUT2D eigenvalue weighted by Crippen LogP contribution is -2.59. The van der Waals surface area contributed by atoms with Crippen molar-refractivity contribution in [3.8, 4) is 5.75 Å². The number of benzene rings is 2. The first kappa shape index (κ1) is 23.5. The van der Waals surface area contributed by atoms with Crippen LogP contribution in [0.5, 0.6) is 5.75 Å². The Morgan fingerprint density at radius 3 is 2.69 bits per heavy atom. The van der Waals surface area contributed by atoms with Crippen LogP contribution in [0, 0.1) is 5.41 Å². The second-order valence-electron chi connectivity index (χ2n) is 11.9. The smallest absolute Gasteiger partial charge is 0.126 e. The van der Waals surface area contributed by atoms with Gasteiger partial charge in [-0.1, -0.05) is 56.3 Å². The van der Waals surface area contributed by atoms with Gasteiger partial charge in [0.2, 0.25) is 0 Å². The van der Waals surface area contributed by atoms with Crippen molar-refractivity contribution < 1.29 is 4.74 Å². The summed E-state index contributed by atoms with van der Waals surface area (Å²) < 4.78 is 6.17. The molecule has 3 aliphatic heterocycles. The van der Waals surface area contributed by atoms with Gasteiger partial charge >= 0.3 is 0 Å². The summed E-state index contributed by atoms with van der Waals surface area (Å²) in [5.41, 5.74) is 6.49. The predicted octanol–water partition coefficient (Wildman–Crippen LogP) is 5.53. The van der Waals surface area contributed by atoms with Gasteiger partial charge in [-0.25, -0.2) is 0 Å². The quantitative estimate of drug-likeness (QED) is 0.618. The molecule has 1 spiro atoms. The molecule has 0 amide bonds. The summed E-state index contributed by atoms with van der Waals surface area (Å²) in [7, 11) is 0. The summed E-state index contributed by atoms with van der Waals surface area (Å²) in [5, 5.41) is 3.58. The number of ether oxygens (including phenoxy) is 1. The highest BCUT2D eigenvalue weighted by Crippen LogP contribution is 2.52. The van der Waals surface area contributed by atoms with Crippen molar-refractivity contribution in [1.29, 1.82) is 0 Å². The summed E-state index contributed by atoms with van der Waals surface area (Å²) in [5.74, 6) is 1.72. The Labute approximate surface area is 212 Å². The Kier molecular flexibility index (Phi) is 6.64. The van der Waals surface area contributed by atoms with Crippen LogP contribution in [0.25, 0.3) is 0 Å². The van der Waals surface area contributed by atoms with Crippen molar-refractivity contribution in [1.82, 2.24) is 15.1 Å². The third-order valence-electron chi connectivity index (χ3n) is 9.36. The molecule has 4 heteroatoms. The number of nitrogens with zero attached hydrogens (tertiary/aromatic N) is 2. The normalized spacial score (nSPS) is 25.3. The zero-order chi connectivity index (χ0) is 23.8. The number of rotatable bonds is 5. The van der Waals surface area contributed by atoms with E-state index < -0.39 is 0 Å². The fourth-order valence-electron chi connectivity index (χ4n) is 7.41. The standard InChI is InChI=1S/C31H43N3O/c1-23(2)27-10-3-4-11-28(27)29-22-33(21-25-8-5-7-24-9-6-18-35-30(24)25)16-17-34(29)26-19-31(20-26)12-14-32-15-13-31/h3-5,7-8,10-11,23,26,29,32H,6,9,12-22H2,1-2H3. The first-order valence-corrected chi connectivity index (χ1v) is 14.1. The topological polar surface area (TPSA) is 27.7 Å². The first-order chi connectivity index (χ1) is 17.1. The molecule has 2 aromatic rings. The Morgan fingerprint density at radius 1 is 1.03 bits per heavy atom. The van der Waals surface area contributed by atoms with Crippen molar-refractivity contribution in [2.24, 2.45) is 5.41 Å². The molecule has 1 unspecified atom stereocenters. The molecule has 2 aromatic carbocycles. The van der Waals surface area contributed by atoms with E-state index in [1.54, 1.807) is 5.56 Å². The molecular weight excluding hydrogens is 430 g/mol. The molecule has 0 bridgehead atoms. The van der Waals surface area contributed by atoms with Crippen LogP contribution >= 0.6 is 0 Å². The molecule has 6 rings (SSSR count). The van der Waals surface area contributed by atoms with Gasteiger partial charge in [0, 0.05) is 43.8 Å². The minimum Gasteiger partial charge on any atom is -0.493 e. The first-order valence-electron chi connectivity index (χ1n) is 14.1. The number of para-hydroxylation sites is 1. The second kappa shape index (κ2) is 9.88. The van der Waals surface area contributed by atoms with E-state index in [4.69, 9.17) is 4.74 Å².